The van der Waals surface area contributed by atoms with E-state index in [0.29, 0.717) is 21.7 Å². The maximum atomic E-state index is 12.4. The lowest BCUT2D eigenvalue weighted by atomic mass is 10.1. The second-order valence-corrected chi connectivity index (χ2v) is 5.92. The SMILES string of the molecule is Cc1cccc(S(=O)Cc2ccccc2C(N)=O)c1N. The van der Waals surface area contributed by atoms with Crippen LogP contribution in [0.1, 0.15) is 21.5 Å². The second-order valence-electron chi connectivity index (χ2n) is 4.50. The summed E-state index contributed by atoms with van der Waals surface area (Å²) >= 11 is 0. The van der Waals surface area contributed by atoms with Crippen molar-refractivity contribution in [3.05, 3.63) is 59.2 Å². The smallest absolute Gasteiger partial charge is 0.249 e. The lowest BCUT2D eigenvalue weighted by molar-refractivity contribution is 0.0999. The van der Waals surface area contributed by atoms with Gasteiger partial charge in [0.1, 0.15) is 0 Å². The molecule has 2 aromatic carbocycles. The van der Waals surface area contributed by atoms with Gasteiger partial charge in [-0.25, -0.2) is 0 Å². The molecule has 0 aliphatic heterocycles. The predicted molar refractivity (Wildman–Crippen MR) is 80.7 cm³/mol. The Morgan fingerprint density at radius 3 is 2.55 bits per heavy atom. The zero-order valence-corrected chi connectivity index (χ0v) is 11.9. The third kappa shape index (κ3) is 2.88. The molecule has 0 fully saturated rings. The molecule has 0 saturated heterocycles. The Morgan fingerprint density at radius 1 is 1.15 bits per heavy atom. The number of carbonyl (C=O) groups excluding carboxylic acids is 1. The lowest BCUT2D eigenvalue weighted by Crippen LogP contribution is -2.14. The number of nitrogen functional groups attached to an aromatic ring is 1. The number of nitrogens with two attached hydrogens (primary N) is 2. The molecule has 20 heavy (non-hydrogen) atoms. The molecule has 0 aliphatic rings. The minimum atomic E-state index is -1.32. The van der Waals surface area contributed by atoms with Crippen LogP contribution >= 0.6 is 0 Å². The van der Waals surface area contributed by atoms with E-state index < -0.39 is 16.7 Å². The average molecular weight is 288 g/mol. The van der Waals surface area contributed by atoms with Crippen LogP contribution < -0.4 is 11.5 Å². The van der Waals surface area contributed by atoms with Crippen molar-refractivity contribution in [2.45, 2.75) is 17.6 Å². The molecule has 104 valence electrons. The lowest BCUT2D eigenvalue weighted by Gasteiger charge is -2.10. The fourth-order valence-electron chi connectivity index (χ4n) is 1.96. The number of aryl methyl sites for hydroxylation is 1. The van der Waals surface area contributed by atoms with Crippen molar-refractivity contribution in [2.24, 2.45) is 5.73 Å². The third-order valence-electron chi connectivity index (χ3n) is 3.10. The van der Waals surface area contributed by atoms with Gasteiger partial charge in [-0.05, 0) is 30.2 Å². The van der Waals surface area contributed by atoms with E-state index in [0.717, 1.165) is 5.56 Å². The minimum absolute atomic E-state index is 0.215. The van der Waals surface area contributed by atoms with Gasteiger partial charge in [0.25, 0.3) is 0 Å². The molecule has 4 nitrogen and oxygen atoms in total. The van der Waals surface area contributed by atoms with Gasteiger partial charge in [0.05, 0.1) is 27.1 Å². The largest absolute Gasteiger partial charge is 0.398 e. The van der Waals surface area contributed by atoms with Crippen molar-refractivity contribution >= 4 is 22.4 Å². The summed E-state index contributed by atoms with van der Waals surface area (Å²) in [4.78, 5) is 11.9. The molecule has 0 aliphatic carbocycles. The second kappa shape index (κ2) is 5.88. The van der Waals surface area contributed by atoms with Gasteiger partial charge in [0, 0.05) is 5.56 Å². The Kier molecular flexibility index (Phi) is 4.20. The molecule has 1 atom stereocenters. The summed E-state index contributed by atoms with van der Waals surface area (Å²) in [6.45, 7) is 1.87. The molecule has 5 heteroatoms. The highest BCUT2D eigenvalue weighted by Crippen LogP contribution is 2.23. The monoisotopic (exact) mass is 288 g/mol. The Bertz CT molecular complexity index is 683. The van der Waals surface area contributed by atoms with Crippen molar-refractivity contribution in [1.82, 2.24) is 0 Å². The van der Waals surface area contributed by atoms with Crippen LogP contribution in [0.2, 0.25) is 0 Å². The van der Waals surface area contributed by atoms with Crippen molar-refractivity contribution in [3.63, 3.8) is 0 Å². The normalized spacial score (nSPS) is 12.1. The first-order chi connectivity index (χ1) is 9.50. The van der Waals surface area contributed by atoms with Gasteiger partial charge in [-0.2, -0.15) is 0 Å². The molecular formula is C15H16N2O2S. The van der Waals surface area contributed by atoms with Gasteiger partial charge >= 0.3 is 0 Å². The molecule has 2 rings (SSSR count). The first-order valence-electron chi connectivity index (χ1n) is 6.12. The fraction of sp³-hybridized carbons (Fsp3) is 0.133. The highest BCUT2D eigenvalue weighted by atomic mass is 32.2. The van der Waals surface area contributed by atoms with Crippen LogP contribution in [-0.2, 0) is 16.6 Å². The van der Waals surface area contributed by atoms with Crippen LogP contribution in [0.4, 0.5) is 5.69 Å². The van der Waals surface area contributed by atoms with Crippen LogP contribution in [0.5, 0.6) is 0 Å². The molecular weight excluding hydrogens is 272 g/mol. The molecule has 1 amide bonds. The van der Waals surface area contributed by atoms with Crippen LogP contribution in [-0.4, -0.2) is 10.1 Å². The molecule has 0 heterocycles. The maximum absolute atomic E-state index is 12.4. The van der Waals surface area contributed by atoms with Crippen LogP contribution in [0, 0.1) is 6.92 Å². The van der Waals surface area contributed by atoms with Crippen LogP contribution in [0.3, 0.4) is 0 Å². The van der Waals surface area contributed by atoms with Crippen LogP contribution in [0.25, 0.3) is 0 Å². The number of hydrogen-bond acceptors (Lipinski definition) is 3. The molecule has 2 aromatic rings. The number of rotatable bonds is 4. The standard InChI is InChI=1S/C15H16N2O2S/c1-10-5-4-8-13(14(10)16)20(19)9-11-6-2-3-7-12(11)15(17)18/h2-8H,9,16H2,1H3,(H2,17,18). The highest BCUT2D eigenvalue weighted by molar-refractivity contribution is 7.84. The first kappa shape index (κ1) is 14.3. The Labute approximate surface area is 120 Å². The Balaban J connectivity index is 2.33. The topological polar surface area (TPSA) is 86.2 Å². The van der Waals surface area contributed by atoms with E-state index in [9.17, 15) is 9.00 Å². The minimum Gasteiger partial charge on any atom is -0.398 e. The molecule has 0 spiro atoms. The van der Waals surface area contributed by atoms with Crippen LogP contribution in [0.15, 0.2) is 47.4 Å². The number of anilines is 1. The van der Waals surface area contributed by atoms with Gasteiger partial charge < -0.3 is 11.5 Å². The number of para-hydroxylation sites is 1. The molecule has 0 radical (unpaired) electrons. The van der Waals surface area contributed by atoms with Crippen molar-refractivity contribution < 1.29 is 9.00 Å². The number of amides is 1. The van der Waals surface area contributed by atoms with Gasteiger partial charge in [-0.15, -0.1) is 0 Å². The molecule has 0 bridgehead atoms. The zero-order valence-electron chi connectivity index (χ0n) is 11.1. The Morgan fingerprint density at radius 2 is 1.85 bits per heavy atom. The molecule has 1 unspecified atom stereocenters. The van der Waals surface area contributed by atoms with E-state index >= 15 is 0 Å². The molecule has 4 N–H and O–H groups in total. The van der Waals surface area contributed by atoms with Crippen molar-refractivity contribution in [3.8, 4) is 0 Å². The maximum Gasteiger partial charge on any atom is 0.249 e. The fourth-order valence-corrected chi connectivity index (χ4v) is 3.28. The third-order valence-corrected chi connectivity index (χ3v) is 4.52. The Hall–Kier alpha value is -2.14. The van der Waals surface area contributed by atoms with Gasteiger partial charge in [-0.1, -0.05) is 30.3 Å². The number of carbonyl (C=O) groups is 1. The van der Waals surface area contributed by atoms with Crippen molar-refractivity contribution in [2.75, 3.05) is 5.73 Å². The van der Waals surface area contributed by atoms with Gasteiger partial charge in [-0.3, -0.25) is 9.00 Å². The van der Waals surface area contributed by atoms with Crippen molar-refractivity contribution in [1.29, 1.82) is 0 Å². The predicted octanol–water partition coefficient (Wildman–Crippen LogP) is 1.98. The average Bonchev–Trinajstić information content (AvgIpc) is 2.42. The summed E-state index contributed by atoms with van der Waals surface area (Å²) in [6, 6.07) is 12.3. The number of primary amides is 1. The van der Waals surface area contributed by atoms with Gasteiger partial charge in [0.15, 0.2) is 0 Å². The highest BCUT2D eigenvalue weighted by Gasteiger charge is 2.14. The summed E-state index contributed by atoms with van der Waals surface area (Å²) in [5, 5.41) is 0. The summed E-state index contributed by atoms with van der Waals surface area (Å²) in [7, 11) is -1.32. The summed E-state index contributed by atoms with van der Waals surface area (Å²) in [5.41, 5.74) is 13.8. The number of benzene rings is 2. The molecule has 0 saturated carbocycles. The summed E-state index contributed by atoms with van der Waals surface area (Å²) in [5.74, 6) is -0.304. The number of hydrogen-bond donors (Lipinski definition) is 2. The zero-order chi connectivity index (χ0) is 14.7. The van der Waals surface area contributed by atoms with E-state index in [2.05, 4.69) is 0 Å². The quantitative estimate of drug-likeness (QED) is 0.843. The van der Waals surface area contributed by atoms with E-state index in [1.54, 1.807) is 30.3 Å². The first-order valence-corrected chi connectivity index (χ1v) is 7.43. The van der Waals surface area contributed by atoms with E-state index in [4.69, 9.17) is 11.5 Å². The van der Waals surface area contributed by atoms with E-state index in [-0.39, 0.29) is 5.75 Å². The van der Waals surface area contributed by atoms with E-state index in [1.807, 2.05) is 19.1 Å². The molecule has 0 aromatic heterocycles. The summed E-state index contributed by atoms with van der Waals surface area (Å²) in [6.07, 6.45) is 0. The summed E-state index contributed by atoms with van der Waals surface area (Å²) < 4.78 is 12.4. The van der Waals surface area contributed by atoms with Gasteiger partial charge in [0.2, 0.25) is 5.91 Å². The van der Waals surface area contributed by atoms with E-state index in [1.165, 1.54) is 0 Å².